The van der Waals surface area contributed by atoms with Crippen LogP contribution in [0, 0.1) is 23.7 Å². The molecule has 0 saturated heterocycles. The molecule has 0 spiro atoms. The number of fused-ring (bicyclic) bond motifs is 1. The molecule has 0 bridgehead atoms. The van der Waals surface area contributed by atoms with Gasteiger partial charge in [0.05, 0.1) is 12.2 Å². The van der Waals surface area contributed by atoms with Gasteiger partial charge < -0.3 is 14.9 Å². The molecule has 0 aromatic carbocycles. The van der Waals surface area contributed by atoms with Gasteiger partial charge in [0.25, 0.3) is 0 Å². The van der Waals surface area contributed by atoms with Gasteiger partial charge in [0.15, 0.2) is 5.78 Å². The molecule has 0 aromatic rings. The number of carbonyl (C=O) groups excluding carboxylic acids is 1. The lowest BCUT2D eigenvalue weighted by atomic mass is 9.49. The third-order valence-electron chi connectivity index (χ3n) is 7.79. The number of hydrogen-bond donors (Lipinski definition) is 2. The Bertz CT molecular complexity index is 553. The summed E-state index contributed by atoms with van der Waals surface area (Å²) in [5.41, 5.74) is -0.697. The number of ether oxygens (including phenoxy) is 1. The molecule has 0 heterocycles. The average molecular weight is 407 g/mol. The lowest BCUT2D eigenvalue weighted by molar-refractivity contribution is -0.217. The predicted molar refractivity (Wildman–Crippen MR) is 116 cm³/mol. The van der Waals surface area contributed by atoms with E-state index in [1.54, 1.807) is 0 Å². The summed E-state index contributed by atoms with van der Waals surface area (Å²) in [5, 5.41) is 21.5. The van der Waals surface area contributed by atoms with Crippen LogP contribution in [0.3, 0.4) is 0 Å². The highest BCUT2D eigenvalue weighted by molar-refractivity contribution is 5.97. The largest absolute Gasteiger partial charge is 0.393 e. The van der Waals surface area contributed by atoms with Crippen molar-refractivity contribution in [3.63, 3.8) is 0 Å². The zero-order valence-electron chi connectivity index (χ0n) is 18.5. The molecule has 166 valence electrons. The van der Waals surface area contributed by atoms with Crippen LogP contribution in [0.15, 0.2) is 12.2 Å². The van der Waals surface area contributed by atoms with Crippen molar-refractivity contribution < 1.29 is 19.7 Å². The molecule has 2 N–H and O–H groups in total. The van der Waals surface area contributed by atoms with E-state index in [2.05, 4.69) is 13.8 Å². The van der Waals surface area contributed by atoms with E-state index < -0.39 is 17.8 Å². The highest BCUT2D eigenvalue weighted by atomic mass is 16.5. The Hall–Kier alpha value is -0.710. The summed E-state index contributed by atoms with van der Waals surface area (Å²) in [4.78, 5) is 13.2. The van der Waals surface area contributed by atoms with Crippen molar-refractivity contribution in [2.24, 2.45) is 23.7 Å². The van der Waals surface area contributed by atoms with Crippen molar-refractivity contribution in [2.75, 3.05) is 6.61 Å². The van der Waals surface area contributed by atoms with Gasteiger partial charge in [0.2, 0.25) is 0 Å². The van der Waals surface area contributed by atoms with Crippen molar-refractivity contribution in [1.82, 2.24) is 0 Å². The number of aliphatic hydroxyl groups excluding tert-OH is 2. The molecule has 0 aromatic heterocycles. The van der Waals surface area contributed by atoms with Crippen molar-refractivity contribution in [1.29, 1.82) is 0 Å². The van der Waals surface area contributed by atoms with Gasteiger partial charge in [-0.3, -0.25) is 4.79 Å². The van der Waals surface area contributed by atoms with Gasteiger partial charge >= 0.3 is 0 Å². The molecule has 3 saturated carbocycles. The number of aliphatic hydroxyl groups is 2. The Morgan fingerprint density at radius 3 is 2.55 bits per heavy atom. The van der Waals surface area contributed by atoms with Crippen LogP contribution in [-0.4, -0.2) is 40.4 Å². The smallest absolute Gasteiger partial charge is 0.168 e. The van der Waals surface area contributed by atoms with Crippen LogP contribution in [0.1, 0.15) is 90.9 Å². The quantitative estimate of drug-likeness (QED) is 0.403. The van der Waals surface area contributed by atoms with E-state index in [0.29, 0.717) is 25.4 Å². The molecule has 0 amide bonds. The molecule has 3 aliphatic carbocycles. The van der Waals surface area contributed by atoms with Crippen LogP contribution in [-0.2, 0) is 9.53 Å². The second-order valence-corrected chi connectivity index (χ2v) is 9.69. The zero-order chi connectivity index (χ0) is 20.9. The summed E-state index contributed by atoms with van der Waals surface area (Å²) in [5.74, 6) is 0.559. The molecule has 3 rings (SSSR count). The van der Waals surface area contributed by atoms with Crippen LogP contribution in [0.2, 0.25) is 0 Å². The number of carbonyl (C=O) groups is 1. The fourth-order valence-corrected chi connectivity index (χ4v) is 6.03. The molecule has 4 heteroatoms. The minimum absolute atomic E-state index is 0.00648. The maximum absolute atomic E-state index is 13.2. The van der Waals surface area contributed by atoms with E-state index in [-0.39, 0.29) is 23.5 Å². The number of unbranched alkanes of at least 4 members (excludes halogenated alkanes) is 2. The first-order valence-corrected chi connectivity index (χ1v) is 12.3. The van der Waals surface area contributed by atoms with Crippen molar-refractivity contribution in [3.8, 4) is 0 Å². The van der Waals surface area contributed by atoms with Gasteiger partial charge in [0.1, 0.15) is 5.60 Å². The van der Waals surface area contributed by atoms with E-state index in [9.17, 15) is 15.0 Å². The fraction of sp³-hybridized carbons (Fsp3) is 0.880. The molecular formula is C25H42O4. The van der Waals surface area contributed by atoms with Crippen LogP contribution in [0.4, 0.5) is 0 Å². The van der Waals surface area contributed by atoms with Crippen LogP contribution in [0.25, 0.3) is 0 Å². The standard InChI is InChI=1S/C25H42O4/c1-3-5-12-20-23-19(13-14-21(26)18-10-8-7-9-11-18)22(27)15-16-25(23,24(20)28)29-17-6-4-2/h13-14,18-23,26-27H,3-12,15-17H2,1-2H3/b14-13+/t19-,20?,21+,22+,23-,25?/m0/s1. The number of hydrogen-bond acceptors (Lipinski definition) is 4. The topological polar surface area (TPSA) is 66.8 Å². The molecule has 4 nitrogen and oxygen atoms in total. The lowest BCUT2D eigenvalue weighted by Gasteiger charge is -2.59. The number of rotatable bonds is 10. The highest BCUT2D eigenvalue weighted by Crippen LogP contribution is 2.56. The zero-order valence-corrected chi connectivity index (χ0v) is 18.5. The molecule has 29 heavy (non-hydrogen) atoms. The first-order chi connectivity index (χ1) is 14.0. The van der Waals surface area contributed by atoms with Crippen LogP contribution < -0.4 is 0 Å². The first kappa shape index (κ1) is 23.0. The fourth-order valence-electron chi connectivity index (χ4n) is 6.03. The van der Waals surface area contributed by atoms with Gasteiger partial charge in [-0.05, 0) is 44.4 Å². The third kappa shape index (κ3) is 4.80. The highest BCUT2D eigenvalue weighted by Gasteiger charge is 2.66. The average Bonchev–Trinajstić information content (AvgIpc) is 2.75. The SMILES string of the molecule is CCCCOC12CC[C@@H](O)[C@H](/C=C/[C@@H](O)C3CCCCC3)[C@H]1C(CCCC)C2=O. The summed E-state index contributed by atoms with van der Waals surface area (Å²) in [6.45, 7) is 4.91. The van der Waals surface area contributed by atoms with E-state index in [1.165, 1.54) is 19.3 Å². The van der Waals surface area contributed by atoms with Crippen molar-refractivity contribution in [2.45, 2.75) is 109 Å². The molecule has 0 aliphatic heterocycles. The maximum atomic E-state index is 13.2. The summed E-state index contributed by atoms with van der Waals surface area (Å²) in [7, 11) is 0. The Labute approximate surface area is 177 Å². The monoisotopic (exact) mass is 406 g/mol. The first-order valence-electron chi connectivity index (χ1n) is 12.3. The summed E-state index contributed by atoms with van der Waals surface area (Å²) in [6, 6.07) is 0. The summed E-state index contributed by atoms with van der Waals surface area (Å²) in [6.07, 6.45) is 15.2. The van der Waals surface area contributed by atoms with E-state index >= 15 is 0 Å². The lowest BCUT2D eigenvalue weighted by Crippen LogP contribution is -2.70. The molecule has 6 atom stereocenters. The minimum Gasteiger partial charge on any atom is -0.393 e. The Kier molecular flexibility index (Phi) is 8.35. The molecule has 3 aliphatic rings. The normalized spacial score (nSPS) is 36.8. The van der Waals surface area contributed by atoms with E-state index in [0.717, 1.165) is 44.9 Å². The maximum Gasteiger partial charge on any atom is 0.168 e. The van der Waals surface area contributed by atoms with Gasteiger partial charge in [-0.15, -0.1) is 0 Å². The van der Waals surface area contributed by atoms with Gasteiger partial charge in [-0.25, -0.2) is 0 Å². The van der Waals surface area contributed by atoms with Crippen LogP contribution >= 0.6 is 0 Å². The van der Waals surface area contributed by atoms with Crippen molar-refractivity contribution in [3.05, 3.63) is 12.2 Å². The van der Waals surface area contributed by atoms with Gasteiger partial charge in [-0.1, -0.05) is 64.5 Å². The van der Waals surface area contributed by atoms with E-state index in [4.69, 9.17) is 4.74 Å². The molecule has 3 fully saturated rings. The summed E-state index contributed by atoms with van der Waals surface area (Å²) < 4.78 is 6.28. The summed E-state index contributed by atoms with van der Waals surface area (Å²) >= 11 is 0. The Balaban J connectivity index is 1.76. The predicted octanol–water partition coefficient (Wildman–Crippen LogP) is 4.82. The molecular weight excluding hydrogens is 364 g/mol. The second-order valence-electron chi connectivity index (χ2n) is 9.69. The number of ketones is 1. The van der Waals surface area contributed by atoms with Gasteiger partial charge in [-0.2, -0.15) is 0 Å². The number of Topliss-reactive ketones (excluding diaryl/α,β-unsaturated/α-hetero) is 1. The van der Waals surface area contributed by atoms with Gasteiger partial charge in [0, 0.05) is 24.4 Å². The van der Waals surface area contributed by atoms with E-state index in [1.807, 2.05) is 12.2 Å². The molecule has 0 radical (unpaired) electrons. The Morgan fingerprint density at radius 1 is 1.14 bits per heavy atom. The van der Waals surface area contributed by atoms with Crippen LogP contribution in [0.5, 0.6) is 0 Å². The molecule has 2 unspecified atom stereocenters. The second kappa shape index (κ2) is 10.5. The Morgan fingerprint density at radius 2 is 1.86 bits per heavy atom. The third-order valence-corrected chi connectivity index (χ3v) is 7.79. The van der Waals surface area contributed by atoms with Crippen molar-refractivity contribution >= 4 is 5.78 Å². The minimum atomic E-state index is -0.697.